The number of piperidine rings is 1. The minimum atomic E-state index is -0.450. The van der Waals surface area contributed by atoms with Gasteiger partial charge >= 0.3 is 0 Å². The molecule has 108 valence electrons. The first kappa shape index (κ1) is 14.3. The zero-order chi connectivity index (χ0) is 14.5. The number of carbonyl (C=O) groups excluding carboxylic acids is 2. The molecule has 2 rings (SSSR count). The van der Waals surface area contributed by atoms with Gasteiger partial charge in [-0.2, -0.15) is 0 Å². The van der Waals surface area contributed by atoms with Gasteiger partial charge in [0.05, 0.1) is 7.11 Å². The number of rotatable bonds is 4. The van der Waals surface area contributed by atoms with Gasteiger partial charge in [0.2, 0.25) is 11.8 Å². The van der Waals surface area contributed by atoms with E-state index in [0.717, 1.165) is 5.56 Å². The van der Waals surface area contributed by atoms with Gasteiger partial charge in [-0.15, -0.1) is 0 Å². The zero-order valence-corrected chi connectivity index (χ0v) is 11.7. The first-order valence-corrected chi connectivity index (χ1v) is 6.64. The van der Waals surface area contributed by atoms with E-state index in [4.69, 9.17) is 4.74 Å². The Hall–Kier alpha value is -2.11. The lowest BCUT2D eigenvalue weighted by molar-refractivity contribution is -0.132. The molecule has 1 aliphatic heterocycles. The van der Waals surface area contributed by atoms with Crippen LogP contribution in [-0.4, -0.2) is 29.9 Å². The van der Waals surface area contributed by atoms with E-state index in [1.54, 1.807) is 25.6 Å². The monoisotopic (exact) mass is 277 g/mol. The average Bonchev–Trinajstić information content (AvgIpc) is 2.44. The summed E-state index contributed by atoms with van der Waals surface area (Å²) in [6, 6.07) is 1.29. The fraction of sp³-hybridized carbons (Fsp3) is 0.500. The third-order valence-corrected chi connectivity index (χ3v) is 3.36. The maximum absolute atomic E-state index is 12.1. The molecule has 0 spiro atoms. The Bertz CT molecular complexity index is 504. The van der Waals surface area contributed by atoms with E-state index in [1.807, 2.05) is 6.92 Å². The standard InChI is InChI=1S/C14H19N3O3/c1-9-5-11(17-13(18)6-9)14(19)16-8-10-7-15-4-3-12(10)20-2/h3-4,7,9,11H,5-6,8H2,1-2H3,(H,16,19)(H,17,18)/t9-,11-/m0/s1. The number of amides is 2. The predicted octanol–water partition coefficient (Wildman–Crippen LogP) is 0.621. The van der Waals surface area contributed by atoms with E-state index in [-0.39, 0.29) is 17.7 Å². The van der Waals surface area contributed by atoms with Crippen molar-refractivity contribution in [1.29, 1.82) is 0 Å². The predicted molar refractivity (Wildman–Crippen MR) is 73.0 cm³/mol. The lowest BCUT2D eigenvalue weighted by atomic mass is 9.93. The molecule has 6 heteroatoms. The molecule has 1 aromatic heterocycles. The largest absolute Gasteiger partial charge is 0.496 e. The molecule has 0 unspecified atom stereocenters. The fourth-order valence-electron chi connectivity index (χ4n) is 2.34. The van der Waals surface area contributed by atoms with Crippen molar-refractivity contribution >= 4 is 11.8 Å². The average molecular weight is 277 g/mol. The van der Waals surface area contributed by atoms with Crippen LogP contribution in [0.25, 0.3) is 0 Å². The normalized spacial score (nSPS) is 22.0. The highest BCUT2D eigenvalue weighted by Gasteiger charge is 2.28. The topological polar surface area (TPSA) is 80.3 Å². The molecule has 20 heavy (non-hydrogen) atoms. The fourth-order valence-corrected chi connectivity index (χ4v) is 2.34. The molecule has 0 bridgehead atoms. The van der Waals surface area contributed by atoms with Crippen molar-refractivity contribution in [3.63, 3.8) is 0 Å². The van der Waals surface area contributed by atoms with Crippen molar-refractivity contribution in [2.45, 2.75) is 32.4 Å². The molecule has 0 aliphatic carbocycles. The van der Waals surface area contributed by atoms with Gasteiger partial charge in [-0.1, -0.05) is 6.92 Å². The molecule has 1 saturated heterocycles. The third-order valence-electron chi connectivity index (χ3n) is 3.36. The Morgan fingerprint density at radius 2 is 2.40 bits per heavy atom. The molecule has 2 atom stereocenters. The van der Waals surface area contributed by atoms with Crippen molar-refractivity contribution in [3.8, 4) is 5.75 Å². The number of ether oxygens (including phenoxy) is 1. The van der Waals surface area contributed by atoms with E-state index in [0.29, 0.717) is 25.1 Å². The Morgan fingerprint density at radius 1 is 1.60 bits per heavy atom. The Kier molecular flexibility index (Phi) is 4.55. The van der Waals surface area contributed by atoms with Crippen LogP contribution in [-0.2, 0) is 16.1 Å². The number of hydrogen-bond acceptors (Lipinski definition) is 4. The molecule has 2 N–H and O–H groups in total. The summed E-state index contributed by atoms with van der Waals surface area (Å²) >= 11 is 0. The van der Waals surface area contributed by atoms with E-state index in [1.165, 1.54) is 0 Å². The maximum Gasteiger partial charge on any atom is 0.242 e. The first-order chi connectivity index (χ1) is 9.60. The summed E-state index contributed by atoms with van der Waals surface area (Å²) in [5, 5.41) is 5.52. The quantitative estimate of drug-likeness (QED) is 0.845. The summed E-state index contributed by atoms with van der Waals surface area (Å²) in [5.41, 5.74) is 0.804. The van der Waals surface area contributed by atoms with Gasteiger partial charge in [0.1, 0.15) is 11.8 Å². The van der Waals surface area contributed by atoms with Crippen LogP contribution < -0.4 is 15.4 Å². The van der Waals surface area contributed by atoms with Crippen LogP contribution >= 0.6 is 0 Å². The summed E-state index contributed by atoms with van der Waals surface area (Å²) in [7, 11) is 1.57. The van der Waals surface area contributed by atoms with Crippen LogP contribution in [0.4, 0.5) is 0 Å². The summed E-state index contributed by atoms with van der Waals surface area (Å²) in [5.74, 6) is 0.674. The number of carbonyl (C=O) groups is 2. The van der Waals surface area contributed by atoms with Crippen LogP contribution in [0, 0.1) is 5.92 Å². The van der Waals surface area contributed by atoms with Crippen LogP contribution in [0.5, 0.6) is 5.75 Å². The molecule has 1 aliphatic rings. The lowest BCUT2D eigenvalue weighted by Crippen LogP contribution is -2.50. The van der Waals surface area contributed by atoms with Crippen LogP contribution in [0.15, 0.2) is 18.5 Å². The number of methoxy groups -OCH3 is 1. The van der Waals surface area contributed by atoms with Gasteiger partial charge in [-0.25, -0.2) is 0 Å². The van der Waals surface area contributed by atoms with Gasteiger partial charge in [0.25, 0.3) is 0 Å². The van der Waals surface area contributed by atoms with Crippen molar-refractivity contribution in [2.75, 3.05) is 7.11 Å². The first-order valence-electron chi connectivity index (χ1n) is 6.64. The summed E-state index contributed by atoms with van der Waals surface area (Å²) < 4.78 is 5.20. The van der Waals surface area contributed by atoms with Crippen molar-refractivity contribution in [3.05, 3.63) is 24.0 Å². The molecule has 0 radical (unpaired) electrons. The van der Waals surface area contributed by atoms with Crippen molar-refractivity contribution in [1.82, 2.24) is 15.6 Å². The molecule has 6 nitrogen and oxygen atoms in total. The summed E-state index contributed by atoms with van der Waals surface area (Å²) in [6.45, 7) is 2.31. The van der Waals surface area contributed by atoms with E-state index in [9.17, 15) is 9.59 Å². The van der Waals surface area contributed by atoms with Crippen LogP contribution in [0.3, 0.4) is 0 Å². The number of nitrogens with one attached hydrogen (secondary N) is 2. The molecular weight excluding hydrogens is 258 g/mol. The molecule has 0 saturated carbocycles. The SMILES string of the molecule is COc1ccncc1CNC(=O)[C@@H]1C[C@H](C)CC(=O)N1. The highest BCUT2D eigenvalue weighted by atomic mass is 16.5. The maximum atomic E-state index is 12.1. The minimum absolute atomic E-state index is 0.0668. The third kappa shape index (κ3) is 3.46. The lowest BCUT2D eigenvalue weighted by Gasteiger charge is -2.26. The summed E-state index contributed by atoms with van der Waals surface area (Å²) in [6.07, 6.45) is 4.44. The highest BCUT2D eigenvalue weighted by Crippen LogP contribution is 2.17. The van der Waals surface area contributed by atoms with Crippen LogP contribution in [0.2, 0.25) is 0 Å². The molecule has 1 aromatic rings. The highest BCUT2D eigenvalue weighted by molar-refractivity contribution is 5.88. The van der Waals surface area contributed by atoms with E-state index >= 15 is 0 Å². The number of nitrogens with zero attached hydrogens (tertiary/aromatic N) is 1. The molecule has 0 aromatic carbocycles. The second-order valence-corrected chi connectivity index (χ2v) is 5.07. The van der Waals surface area contributed by atoms with Gasteiger partial charge in [-0.05, 0) is 18.4 Å². The smallest absolute Gasteiger partial charge is 0.242 e. The van der Waals surface area contributed by atoms with Crippen LogP contribution in [0.1, 0.15) is 25.3 Å². The zero-order valence-electron chi connectivity index (χ0n) is 11.7. The molecule has 2 heterocycles. The number of aromatic nitrogens is 1. The molecular formula is C14H19N3O3. The Labute approximate surface area is 117 Å². The van der Waals surface area contributed by atoms with Gasteiger partial charge in [-0.3, -0.25) is 14.6 Å². The Balaban J connectivity index is 1.93. The van der Waals surface area contributed by atoms with Crippen molar-refractivity contribution in [2.24, 2.45) is 5.92 Å². The second-order valence-electron chi connectivity index (χ2n) is 5.07. The second kappa shape index (κ2) is 6.36. The van der Waals surface area contributed by atoms with E-state index < -0.39 is 6.04 Å². The van der Waals surface area contributed by atoms with E-state index in [2.05, 4.69) is 15.6 Å². The van der Waals surface area contributed by atoms with Gasteiger partial charge in [0, 0.05) is 30.9 Å². The van der Waals surface area contributed by atoms with Crippen molar-refractivity contribution < 1.29 is 14.3 Å². The van der Waals surface area contributed by atoms with Gasteiger partial charge in [0.15, 0.2) is 0 Å². The molecule has 1 fully saturated rings. The number of hydrogen-bond donors (Lipinski definition) is 2. The van der Waals surface area contributed by atoms with Gasteiger partial charge < -0.3 is 15.4 Å². The minimum Gasteiger partial charge on any atom is -0.496 e. The Morgan fingerprint density at radius 3 is 3.10 bits per heavy atom. The molecule has 2 amide bonds. The summed E-state index contributed by atoms with van der Waals surface area (Å²) in [4.78, 5) is 27.5. The number of pyridine rings is 1.